The van der Waals surface area contributed by atoms with Crippen LogP contribution < -0.4 is 15.4 Å². The number of hydrogen-bond acceptors (Lipinski definition) is 4. The van der Waals surface area contributed by atoms with Crippen LogP contribution in [0, 0.1) is 5.92 Å². The molecule has 2 unspecified atom stereocenters. The number of β-amino-alcohol motifs (C(OH)–C–C–N with tert-alkyl or cyclic N) is 1. The minimum absolute atomic E-state index is 0. The molecule has 0 bridgehead atoms. The Labute approximate surface area is 153 Å². The zero-order valence-corrected chi connectivity index (χ0v) is 14.7. The summed E-state index contributed by atoms with van der Waals surface area (Å²) in [5, 5.41) is 15.7. The van der Waals surface area contributed by atoms with Gasteiger partial charge in [-0.3, -0.25) is 4.79 Å². The second-order valence-corrected chi connectivity index (χ2v) is 6.00. The first-order valence-corrected chi connectivity index (χ1v) is 8.16. The number of carbonyl (C=O) groups excluding carboxylic acids is 1. The van der Waals surface area contributed by atoms with Crippen LogP contribution in [0.2, 0.25) is 0 Å². The first-order valence-electron chi connectivity index (χ1n) is 8.16. The Hall–Kier alpha value is -2.08. The molecule has 0 aliphatic carbocycles. The summed E-state index contributed by atoms with van der Waals surface area (Å²) in [5.41, 5.74) is 1.64. The van der Waals surface area contributed by atoms with Gasteiger partial charge < -0.3 is 20.5 Å². The highest BCUT2D eigenvalue weighted by molar-refractivity contribution is 5.94. The quantitative estimate of drug-likeness (QED) is 0.735. The van der Waals surface area contributed by atoms with Gasteiger partial charge >= 0.3 is 0 Å². The van der Waals surface area contributed by atoms with Crippen LogP contribution in [0.4, 0.5) is 0 Å². The molecule has 2 atom stereocenters. The Morgan fingerprint density at radius 3 is 2.68 bits per heavy atom. The fraction of sp³-hybridized carbons (Fsp3) is 0.316. The number of benzene rings is 2. The predicted octanol–water partition coefficient (Wildman–Crippen LogP) is 2.00. The number of rotatable bonds is 6. The smallest absolute Gasteiger partial charge is 0.251 e. The number of hydrogen-bond donors (Lipinski definition) is 3. The second kappa shape index (κ2) is 9.42. The van der Waals surface area contributed by atoms with Gasteiger partial charge in [-0.1, -0.05) is 36.4 Å². The van der Waals surface area contributed by atoms with Crippen molar-refractivity contribution < 1.29 is 14.6 Å². The van der Waals surface area contributed by atoms with Gasteiger partial charge in [0.05, 0.1) is 6.10 Å². The Bertz CT molecular complexity index is 681. The summed E-state index contributed by atoms with van der Waals surface area (Å²) in [5.74, 6) is 0.569. The molecule has 5 nitrogen and oxygen atoms in total. The molecule has 6 heteroatoms. The van der Waals surface area contributed by atoms with E-state index < -0.39 is 6.10 Å². The molecule has 0 radical (unpaired) electrons. The van der Waals surface area contributed by atoms with Gasteiger partial charge in [0.15, 0.2) is 0 Å². The molecule has 1 aliphatic rings. The van der Waals surface area contributed by atoms with Crippen molar-refractivity contribution >= 4 is 18.3 Å². The van der Waals surface area contributed by atoms with Gasteiger partial charge in [0.25, 0.3) is 5.91 Å². The standard InChI is InChI=1S/C19H22N2O3.ClH/c22-18-12-20-10-16(18)11-21-19(23)15-7-4-8-17(9-15)24-13-14-5-2-1-3-6-14;/h1-9,16,18,20,22H,10-13H2,(H,21,23);1H. The molecule has 134 valence electrons. The van der Waals surface area contributed by atoms with E-state index in [0.717, 1.165) is 12.1 Å². The van der Waals surface area contributed by atoms with Gasteiger partial charge in [0.1, 0.15) is 12.4 Å². The van der Waals surface area contributed by atoms with Crippen LogP contribution in [-0.2, 0) is 6.61 Å². The lowest BCUT2D eigenvalue weighted by atomic mass is 10.1. The second-order valence-electron chi connectivity index (χ2n) is 6.00. The molecule has 2 aromatic carbocycles. The first kappa shape index (κ1) is 19.2. The molecular formula is C19H23ClN2O3. The third-order valence-electron chi connectivity index (χ3n) is 4.17. The van der Waals surface area contributed by atoms with E-state index in [9.17, 15) is 9.90 Å². The van der Waals surface area contributed by atoms with Gasteiger partial charge in [-0.25, -0.2) is 0 Å². The molecule has 0 spiro atoms. The van der Waals surface area contributed by atoms with E-state index in [1.165, 1.54) is 0 Å². The highest BCUT2D eigenvalue weighted by Crippen LogP contribution is 2.15. The number of amides is 1. The predicted molar refractivity (Wildman–Crippen MR) is 99.2 cm³/mol. The molecule has 2 aromatic rings. The molecule has 0 saturated carbocycles. The summed E-state index contributed by atoms with van der Waals surface area (Å²) >= 11 is 0. The molecule has 1 heterocycles. The highest BCUT2D eigenvalue weighted by atomic mass is 35.5. The summed E-state index contributed by atoms with van der Waals surface area (Å²) in [6, 6.07) is 17.0. The number of nitrogens with one attached hydrogen (secondary N) is 2. The topological polar surface area (TPSA) is 70.6 Å². The van der Waals surface area contributed by atoms with Gasteiger partial charge in [0.2, 0.25) is 0 Å². The minimum atomic E-state index is -0.397. The summed E-state index contributed by atoms with van der Waals surface area (Å²) < 4.78 is 5.75. The van der Waals surface area contributed by atoms with Crippen LogP contribution in [0.1, 0.15) is 15.9 Å². The Balaban J connectivity index is 0.00000225. The summed E-state index contributed by atoms with van der Waals surface area (Å²) in [6.45, 7) is 2.24. The summed E-state index contributed by atoms with van der Waals surface area (Å²) in [4.78, 5) is 12.3. The zero-order chi connectivity index (χ0) is 16.8. The lowest BCUT2D eigenvalue weighted by Gasteiger charge is -2.14. The van der Waals surface area contributed by atoms with E-state index in [2.05, 4.69) is 10.6 Å². The molecular weight excluding hydrogens is 340 g/mol. The van der Waals surface area contributed by atoms with Gasteiger partial charge in [-0.15, -0.1) is 12.4 Å². The van der Waals surface area contributed by atoms with E-state index in [1.54, 1.807) is 18.2 Å². The fourth-order valence-electron chi connectivity index (χ4n) is 2.72. The molecule has 3 rings (SSSR count). The van der Waals surface area contributed by atoms with Crippen LogP contribution >= 0.6 is 12.4 Å². The SMILES string of the molecule is Cl.O=C(NCC1CNCC1O)c1cccc(OCc2ccccc2)c1. The van der Waals surface area contributed by atoms with Gasteiger partial charge in [-0.05, 0) is 23.8 Å². The number of halogens is 1. The maximum absolute atomic E-state index is 12.3. The number of carbonyl (C=O) groups is 1. The van der Waals surface area contributed by atoms with Gasteiger partial charge in [0, 0.05) is 31.1 Å². The summed E-state index contributed by atoms with van der Waals surface area (Å²) in [6.07, 6.45) is -0.397. The van der Waals surface area contributed by atoms with E-state index in [-0.39, 0.29) is 24.2 Å². The zero-order valence-electron chi connectivity index (χ0n) is 13.9. The van der Waals surface area contributed by atoms with Crippen molar-refractivity contribution in [1.82, 2.24) is 10.6 Å². The van der Waals surface area contributed by atoms with Crippen LogP contribution in [-0.4, -0.2) is 36.8 Å². The molecule has 1 amide bonds. The average Bonchev–Trinajstić information content (AvgIpc) is 3.04. The van der Waals surface area contributed by atoms with Crippen molar-refractivity contribution in [3.8, 4) is 5.75 Å². The van der Waals surface area contributed by atoms with Crippen LogP contribution in [0.25, 0.3) is 0 Å². The highest BCUT2D eigenvalue weighted by Gasteiger charge is 2.25. The monoisotopic (exact) mass is 362 g/mol. The largest absolute Gasteiger partial charge is 0.489 e. The first-order chi connectivity index (χ1) is 11.7. The van der Waals surface area contributed by atoms with Crippen molar-refractivity contribution in [2.24, 2.45) is 5.92 Å². The van der Waals surface area contributed by atoms with Crippen molar-refractivity contribution in [3.63, 3.8) is 0 Å². The Morgan fingerprint density at radius 2 is 1.96 bits per heavy atom. The van der Waals surface area contributed by atoms with Crippen LogP contribution in [0.15, 0.2) is 54.6 Å². The molecule has 1 fully saturated rings. The van der Waals surface area contributed by atoms with Gasteiger partial charge in [-0.2, -0.15) is 0 Å². The molecule has 1 saturated heterocycles. The lowest BCUT2D eigenvalue weighted by molar-refractivity contribution is 0.0926. The molecule has 25 heavy (non-hydrogen) atoms. The maximum Gasteiger partial charge on any atom is 0.251 e. The normalized spacial score (nSPS) is 19.1. The van der Waals surface area contributed by atoms with Crippen molar-refractivity contribution in [3.05, 3.63) is 65.7 Å². The van der Waals surface area contributed by atoms with Crippen molar-refractivity contribution in [2.75, 3.05) is 19.6 Å². The lowest BCUT2D eigenvalue weighted by Crippen LogP contribution is -2.34. The minimum Gasteiger partial charge on any atom is -0.489 e. The third kappa shape index (κ3) is 5.46. The average molecular weight is 363 g/mol. The Kier molecular flexibility index (Phi) is 7.25. The Morgan fingerprint density at radius 1 is 1.16 bits per heavy atom. The van der Waals surface area contributed by atoms with Crippen LogP contribution in [0.5, 0.6) is 5.75 Å². The van der Waals surface area contributed by atoms with E-state index >= 15 is 0 Å². The molecule has 1 aliphatic heterocycles. The van der Waals surface area contributed by atoms with Crippen molar-refractivity contribution in [1.29, 1.82) is 0 Å². The van der Waals surface area contributed by atoms with Crippen LogP contribution in [0.3, 0.4) is 0 Å². The summed E-state index contributed by atoms with van der Waals surface area (Å²) in [7, 11) is 0. The number of ether oxygens (including phenoxy) is 1. The third-order valence-corrected chi connectivity index (χ3v) is 4.17. The number of aliphatic hydroxyl groups is 1. The maximum atomic E-state index is 12.3. The molecule has 0 aromatic heterocycles. The van der Waals surface area contributed by atoms with Crippen molar-refractivity contribution in [2.45, 2.75) is 12.7 Å². The fourth-order valence-corrected chi connectivity index (χ4v) is 2.72. The van der Waals surface area contributed by atoms with E-state index in [0.29, 0.717) is 31.0 Å². The van der Waals surface area contributed by atoms with E-state index in [1.807, 2.05) is 36.4 Å². The van der Waals surface area contributed by atoms with E-state index in [4.69, 9.17) is 4.74 Å². The number of aliphatic hydroxyl groups excluding tert-OH is 1. The molecule has 3 N–H and O–H groups in total.